The number of aromatic nitrogens is 3. The highest BCUT2D eigenvalue weighted by Crippen LogP contribution is 2.22. The normalized spacial score (nSPS) is 10.8. The summed E-state index contributed by atoms with van der Waals surface area (Å²) in [6, 6.07) is 10.2. The van der Waals surface area contributed by atoms with Gasteiger partial charge in [0.15, 0.2) is 5.13 Å². The summed E-state index contributed by atoms with van der Waals surface area (Å²) in [6.45, 7) is 4.52. The Bertz CT molecular complexity index is 870. The van der Waals surface area contributed by atoms with E-state index in [1.807, 2.05) is 42.9 Å². The molecular formula is C18H19BrN4OS. The number of amides is 1. The van der Waals surface area contributed by atoms with Gasteiger partial charge in [0.05, 0.1) is 5.69 Å². The van der Waals surface area contributed by atoms with Crippen LogP contribution < -0.4 is 5.32 Å². The molecular weight excluding hydrogens is 400 g/mol. The molecule has 1 amide bonds. The minimum atomic E-state index is -0.0444. The van der Waals surface area contributed by atoms with Crippen LogP contribution in [0.2, 0.25) is 0 Å². The standard InChI is InChI=1S/C18H19BrN4OS/c1-12-9-13(2)23(22-12)8-7-17(24)21-18-20-11-16(25-18)10-14-3-5-15(19)6-4-14/h3-6,9,11H,7-8,10H2,1-2H3,(H,20,21,24). The number of benzene rings is 1. The summed E-state index contributed by atoms with van der Waals surface area (Å²) in [5.74, 6) is -0.0444. The lowest BCUT2D eigenvalue weighted by Gasteiger charge is -2.04. The Morgan fingerprint density at radius 2 is 2.04 bits per heavy atom. The molecule has 0 aliphatic heterocycles. The predicted octanol–water partition coefficient (Wildman–Crippen LogP) is 4.34. The topological polar surface area (TPSA) is 59.8 Å². The summed E-state index contributed by atoms with van der Waals surface area (Å²) in [6.07, 6.45) is 3.01. The van der Waals surface area contributed by atoms with Crippen LogP contribution in [0.1, 0.15) is 28.2 Å². The molecule has 0 spiro atoms. The zero-order valence-electron chi connectivity index (χ0n) is 14.1. The molecule has 1 aromatic carbocycles. The second-order valence-electron chi connectivity index (χ2n) is 5.88. The largest absolute Gasteiger partial charge is 0.302 e. The van der Waals surface area contributed by atoms with E-state index < -0.39 is 0 Å². The number of rotatable bonds is 6. The van der Waals surface area contributed by atoms with E-state index in [1.165, 1.54) is 16.9 Å². The molecule has 1 N–H and O–H groups in total. The van der Waals surface area contributed by atoms with Crippen molar-refractivity contribution < 1.29 is 4.79 Å². The molecule has 0 saturated heterocycles. The molecule has 2 heterocycles. The second kappa shape index (κ2) is 7.93. The van der Waals surface area contributed by atoms with Crippen LogP contribution in [-0.4, -0.2) is 20.7 Å². The van der Waals surface area contributed by atoms with Crippen molar-refractivity contribution in [2.45, 2.75) is 33.2 Å². The Balaban J connectivity index is 1.53. The van der Waals surface area contributed by atoms with Crippen LogP contribution in [0.4, 0.5) is 5.13 Å². The lowest BCUT2D eigenvalue weighted by atomic mass is 10.1. The van der Waals surface area contributed by atoms with Gasteiger partial charge in [-0.25, -0.2) is 4.98 Å². The lowest BCUT2D eigenvalue weighted by molar-refractivity contribution is -0.116. The van der Waals surface area contributed by atoms with E-state index in [1.54, 1.807) is 0 Å². The molecule has 0 bridgehead atoms. The minimum absolute atomic E-state index is 0.0444. The first-order chi connectivity index (χ1) is 12.0. The third-order valence-corrected chi connectivity index (χ3v) is 5.19. The number of halogens is 1. The average molecular weight is 419 g/mol. The highest BCUT2D eigenvalue weighted by Gasteiger charge is 2.09. The Kier molecular flexibility index (Phi) is 5.65. The SMILES string of the molecule is Cc1cc(C)n(CCC(=O)Nc2ncc(Cc3ccc(Br)cc3)s2)n1. The van der Waals surface area contributed by atoms with E-state index in [0.717, 1.165) is 27.2 Å². The van der Waals surface area contributed by atoms with Gasteiger partial charge in [-0.15, -0.1) is 11.3 Å². The van der Waals surface area contributed by atoms with Gasteiger partial charge < -0.3 is 5.32 Å². The van der Waals surface area contributed by atoms with Gasteiger partial charge in [-0.3, -0.25) is 9.48 Å². The molecule has 0 atom stereocenters. The number of carbonyl (C=O) groups is 1. The Morgan fingerprint density at radius 1 is 1.28 bits per heavy atom. The van der Waals surface area contributed by atoms with Gasteiger partial charge in [-0.05, 0) is 37.6 Å². The van der Waals surface area contributed by atoms with Crippen LogP contribution in [0.25, 0.3) is 0 Å². The van der Waals surface area contributed by atoms with Crippen LogP contribution in [0.3, 0.4) is 0 Å². The molecule has 25 heavy (non-hydrogen) atoms. The number of thiazole rings is 1. The maximum absolute atomic E-state index is 12.1. The van der Waals surface area contributed by atoms with Crippen LogP contribution in [-0.2, 0) is 17.8 Å². The van der Waals surface area contributed by atoms with Crippen LogP contribution >= 0.6 is 27.3 Å². The van der Waals surface area contributed by atoms with E-state index in [-0.39, 0.29) is 5.91 Å². The Labute approximate surface area is 159 Å². The highest BCUT2D eigenvalue weighted by atomic mass is 79.9. The van der Waals surface area contributed by atoms with Crippen LogP contribution in [0, 0.1) is 13.8 Å². The van der Waals surface area contributed by atoms with Crippen molar-refractivity contribution in [2.24, 2.45) is 0 Å². The first-order valence-electron chi connectivity index (χ1n) is 7.99. The van der Waals surface area contributed by atoms with E-state index in [9.17, 15) is 4.79 Å². The van der Waals surface area contributed by atoms with Crippen molar-refractivity contribution in [1.82, 2.24) is 14.8 Å². The first-order valence-corrected chi connectivity index (χ1v) is 9.60. The van der Waals surface area contributed by atoms with Gasteiger partial charge in [0.2, 0.25) is 5.91 Å². The zero-order chi connectivity index (χ0) is 17.8. The number of nitrogens with zero attached hydrogens (tertiary/aromatic N) is 3. The summed E-state index contributed by atoms with van der Waals surface area (Å²) < 4.78 is 2.92. The van der Waals surface area contributed by atoms with Gasteiger partial charge in [0.1, 0.15) is 0 Å². The number of hydrogen-bond donors (Lipinski definition) is 1. The Morgan fingerprint density at radius 3 is 2.72 bits per heavy atom. The highest BCUT2D eigenvalue weighted by molar-refractivity contribution is 9.10. The molecule has 0 saturated carbocycles. The maximum atomic E-state index is 12.1. The van der Waals surface area contributed by atoms with Crippen molar-refractivity contribution in [2.75, 3.05) is 5.32 Å². The fourth-order valence-corrected chi connectivity index (χ4v) is 3.67. The van der Waals surface area contributed by atoms with Crippen LogP contribution in [0.5, 0.6) is 0 Å². The molecule has 0 aliphatic carbocycles. The fourth-order valence-electron chi connectivity index (χ4n) is 2.54. The van der Waals surface area contributed by atoms with E-state index in [2.05, 4.69) is 43.5 Å². The minimum Gasteiger partial charge on any atom is -0.302 e. The summed E-state index contributed by atoms with van der Waals surface area (Å²) in [5.41, 5.74) is 3.25. The van der Waals surface area contributed by atoms with E-state index >= 15 is 0 Å². The molecule has 0 unspecified atom stereocenters. The second-order valence-corrected chi connectivity index (χ2v) is 7.91. The number of aryl methyl sites for hydroxylation is 3. The molecule has 0 aliphatic rings. The Hall–Kier alpha value is -1.99. The zero-order valence-corrected chi connectivity index (χ0v) is 16.5. The quantitative estimate of drug-likeness (QED) is 0.647. The first kappa shape index (κ1) is 17.8. The van der Waals surface area contributed by atoms with Crippen molar-refractivity contribution in [3.8, 4) is 0 Å². The van der Waals surface area contributed by atoms with Crippen molar-refractivity contribution in [1.29, 1.82) is 0 Å². The van der Waals surface area contributed by atoms with Gasteiger partial charge in [-0.2, -0.15) is 5.10 Å². The van der Waals surface area contributed by atoms with E-state index in [0.29, 0.717) is 18.1 Å². The lowest BCUT2D eigenvalue weighted by Crippen LogP contribution is -2.15. The van der Waals surface area contributed by atoms with Gasteiger partial charge in [0.25, 0.3) is 0 Å². The van der Waals surface area contributed by atoms with E-state index in [4.69, 9.17) is 0 Å². The number of carbonyl (C=O) groups excluding carboxylic acids is 1. The number of nitrogens with one attached hydrogen (secondary N) is 1. The summed E-state index contributed by atoms with van der Waals surface area (Å²) in [4.78, 5) is 17.5. The monoisotopic (exact) mass is 418 g/mol. The predicted molar refractivity (Wildman–Crippen MR) is 104 cm³/mol. The van der Waals surface area contributed by atoms with Gasteiger partial charge in [0, 0.05) is 40.6 Å². The van der Waals surface area contributed by atoms with Crippen LogP contribution in [0.15, 0.2) is 41.0 Å². The van der Waals surface area contributed by atoms with Crippen molar-refractivity contribution in [3.05, 3.63) is 62.8 Å². The molecule has 2 aromatic heterocycles. The maximum Gasteiger partial charge on any atom is 0.228 e. The summed E-state index contributed by atoms with van der Waals surface area (Å²) in [7, 11) is 0. The van der Waals surface area contributed by atoms with Crippen molar-refractivity contribution >= 4 is 38.3 Å². The smallest absolute Gasteiger partial charge is 0.228 e. The molecule has 130 valence electrons. The third-order valence-electron chi connectivity index (χ3n) is 3.75. The molecule has 0 fully saturated rings. The molecule has 0 radical (unpaired) electrons. The third kappa shape index (κ3) is 4.99. The summed E-state index contributed by atoms with van der Waals surface area (Å²) >= 11 is 4.95. The fraction of sp³-hybridized carbons (Fsp3) is 0.278. The van der Waals surface area contributed by atoms with Crippen molar-refractivity contribution in [3.63, 3.8) is 0 Å². The molecule has 3 aromatic rings. The molecule has 3 rings (SSSR count). The molecule has 7 heteroatoms. The van der Waals surface area contributed by atoms with Gasteiger partial charge >= 0.3 is 0 Å². The average Bonchev–Trinajstić information content (AvgIpc) is 3.13. The number of hydrogen-bond acceptors (Lipinski definition) is 4. The van der Waals surface area contributed by atoms with Gasteiger partial charge in [-0.1, -0.05) is 28.1 Å². The number of anilines is 1. The summed E-state index contributed by atoms with van der Waals surface area (Å²) in [5, 5.41) is 7.88. The molecule has 5 nitrogen and oxygen atoms in total.